The van der Waals surface area contributed by atoms with Crippen molar-refractivity contribution in [2.45, 2.75) is 81.4 Å². The number of aliphatic hydroxyl groups is 2. The summed E-state index contributed by atoms with van der Waals surface area (Å²) in [6.07, 6.45) is -0.295. The van der Waals surface area contributed by atoms with Gasteiger partial charge in [-0.15, -0.1) is 0 Å². The fourth-order valence-electron chi connectivity index (χ4n) is 5.76. The molecule has 3 aliphatic heterocycles. The summed E-state index contributed by atoms with van der Waals surface area (Å²) >= 11 is 0. The van der Waals surface area contributed by atoms with Crippen LogP contribution in [0.3, 0.4) is 0 Å². The van der Waals surface area contributed by atoms with Gasteiger partial charge in [0.2, 0.25) is 17.7 Å². The SMILES string of the molecule is CC(O)C(N)C(=O)N1C(=O)C2(CCCN2C(=O)C2CCCN2C(=O)C(N)[C@H](C)O)C1c1ccccc1. The van der Waals surface area contributed by atoms with E-state index in [4.69, 9.17) is 11.5 Å². The van der Waals surface area contributed by atoms with Crippen molar-refractivity contribution in [1.29, 1.82) is 0 Å². The fraction of sp³-hybridized carbons (Fsp3) is 0.600. The predicted octanol–water partition coefficient (Wildman–Crippen LogP) is -1.14. The van der Waals surface area contributed by atoms with Crippen molar-refractivity contribution in [2.24, 2.45) is 11.5 Å². The van der Waals surface area contributed by atoms with Gasteiger partial charge in [-0.25, -0.2) is 0 Å². The van der Waals surface area contributed by atoms with Gasteiger partial charge in [0.1, 0.15) is 23.7 Å². The number of rotatable bonds is 6. The number of carbonyl (C=O) groups excluding carboxylic acids is 4. The largest absolute Gasteiger partial charge is 0.391 e. The van der Waals surface area contributed by atoms with E-state index in [1.807, 2.05) is 6.07 Å². The van der Waals surface area contributed by atoms with Crippen molar-refractivity contribution in [2.75, 3.05) is 13.1 Å². The third-order valence-corrected chi connectivity index (χ3v) is 7.77. The average molecular weight is 502 g/mol. The second-order valence-electron chi connectivity index (χ2n) is 10.1. The number of hydrogen-bond acceptors (Lipinski definition) is 8. The summed E-state index contributed by atoms with van der Waals surface area (Å²) in [4.78, 5) is 57.7. The van der Waals surface area contributed by atoms with Crippen molar-refractivity contribution in [3.05, 3.63) is 35.9 Å². The molecule has 0 radical (unpaired) electrons. The number of aliphatic hydroxyl groups excluding tert-OH is 2. The molecule has 196 valence electrons. The van der Waals surface area contributed by atoms with Gasteiger partial charge in [-0.1, -0.05) is 30.3 Å². The molecule has 6 N–H and O–H groups in total. The van der Waals surface area contributed by atoms with Crippen LogP contribution in [-0.2, 0) is 19.2 Å². The second kappa shape index (κ2) is 9.89. The van der Waals surface area contributed by atoms with Crippen LogP contribution >= 0.6 is 0 Å². The van der Waals surface area contributed by atoms with Gasteiger partial charge in [-0.2, -0.15) is 0 Å². The molecule has 0 bridgehead atoms. The van der Waals surface area contributed by atoms with Crippen LogP contribution in [-0.4, -0.2) is 97.5 Å². The van der Waals surface area contributed by atoms with Crippen molar-refractivity contribution < 1.29 is 29.4 Å². The third kappa shape index (κ3) is 4.00. The van der Waals surface area contributed by atoms with E-state index in [0.717, 1.165) is 4.90 Å². The topological polar surface area (TPSA) is 170 Å². The quantitative estimate of drug-likeness (QED) is 0.355. The molecule has 4 rings (SSSR count). The van der Waals surface area contributed by atoms with Gasteiger partial charge in [0.15, 0.2) is 0 Å². The minimum atomic E-state index is -1.28. The maximum Gasteiger partial charge on any atom is 0.258 e. The summed E-state index contributed by atoms with van der Waals surface area (Å²) in [7, 11) is 0. The van der Waals surface area contributed by atoms with Gasteiger partial charge in [0, 0.05) is 13.1 Å². The summed E-state index contributed by atoms with van der Waals surface area (Å²) in [6.45, 7) is 3.45. The molecule has 1 aromatic carbocycles. The van der Waals surface area contributed by atoms with Crippen LogP contribution < -0.4 is 11.5 Å². The molecular formula is C25H35N5O6. The van der Waals surface area contributed by atoms with E-state index in [-0.39, 0.29) is 5.91 Å². The van der Waals surface area contributed by atoms with E-state index in [9.17, 15) is 29.4 Å². The molecule has 1 aromatic rings. The first kappa shape index (κ1) is 26.2. The van der Waals surface area contributed by atoms with Crippen molar-refractivity contribution in [3.8, 4) is 0 Å². The predicted molar refractivity (Wildman–Crippen MR) is 129 cm³/mol. The Morgan fingerprint density at radius 1 is 0.972 bits per heavy atom. The van der Waals surface area contributed by atoms with Crippen molar-refractivity contribution in [1.82, 2.24) is 14.7 Å². The molecule has 4 amide bonds. The number of nitrogens with zero attached hydrogens (tertiary/aromatic N) is 3. The Hall–Kier alpha value is -2.86. The molecule has 11 heteroatoms. The van der Waals surface area contributed by atoms with Crippen molar-refractivity contribution >= 4 is 23.6 Å². The number of nitrogens with two attached hydrogens (primary N) is 2. The summed E-state index contributed by atoms with van der Waals surface area (Å²) in [5, 5.41) is 19.7. The fourth-order valence-corrected chi connectivity index (χ4v) is 5.76. The Morgan fingerprint density at radius 2 is 1.58 bits per heavy atom. The van der Waals surface area contributed by atoms with E-state index < -0.39 is 59.6 Å². The highest BCUT2D eigenvalue weighted by Crippen LogP contribution is 2.53. The number of likely N-dealkylation sites (tertiary alicyclic amines) is 3. The highest BCUT2D eigenvalue weighted by atomic mass is 16.3. The smallest absolute Gasteiger partial charge is 0.258 e. The van der Waals surface area contributed by atoms with Crippen LogP contribution in [0.15, 0.2) is 30.3 Å². The van der Waals surface area contributed by atoms with Crippen LogP contribution in [0.5, 0.6) is 0 Å². The molecule has 1 spiro atoms. The molecule has 3 heterocycles. The lowest BCUT2D eigenvalue weighted by atomic mass is 9.72. The molecule has 3 fully saturated rings. The maximum absolute atomic E-state index is 13.9. The highest BCUT2D eigenvalue weighted by molar-refractivity contribution is 6.10. The highest BCUT2D eigenvalue weighted by Gasteiger charge is 2.69. The summed E-state index contributed by atoms with van der Waals surface area (Å²) < 4.78 is 0. The zero-order valence-corrected chi connectivity index (χ0v) is 20.6. The summed E-state index contributed by atoms with van der Waals surface area (Å²) in [6, 6.07) is 4.98. The molecule has 0 saturated carbocycles. The van der Waals surface area contributed by atoms with E-state index in [1.54, 1.807) is 24.3 Å². The number of carbonyl (C=O) groups is 4. The first-order valence-electron chi connectivity index (χ1n) is 12.5. The number of amides is 4. The van der Waals surface area contributed by atoms with Gasteiger partial charge < -0.3 is 31.5 Å². The second-order valence-corrected chi connectivity index (χ2v) is 10.1. The standard InChI is InChI=1S/C25H35N5O6/c1-14(31)18(26)22(34)28-12-6-10-17(28)21(33)29-13-7-11-25(29)20(16-8-4-3-5-9-16)30(24(25)36)23(35)19(27)15(2)32/h3-5,8-9,14-15,17-20,31-32H,6-7,10-13,26-27H2,1-2H3/t14-,15?,17?,18?,19?,20?,25?/m0/s1. The minimum absolute atomic E-state index is 0.305. The van der Waals surface area contributed by atoms with Crippen LogP contribution in [0.1, 0.15) is 51.1 Å². The monoisotopic (exact) mass is 501 g/mol. The van der Waals surface area contributed by atoms with E-state index in [0.29, 0.717) is 44.3 Å². The average Bonchev–Trinajstić information content (AvgIpc) is 3.54. The first-order chi connectivity index (χ1) is 17.0. The van der Waals surface area contributed by atoms with Crippen LogP contribution in [0.25, 0.3) is 0 Å². The molecule has 0 aliphatic carbocycles. The normalized spacial score (nSPS) is 29.2. The number of β-lactam (4-membered cyclic amide) rings is 1. The molecule has 0 aromatic heterocycles. The van der Waals surface area contributed by atoms with E-state index in [1.165, 1.54) is 23.6 Å². The van der Waals surface area contributed by atoms with Gasteiger partial charge in [-0.05, 0) is 45.1 Å². The Bertz CT molecular complexity index is 1030. The number of imide groups is 1. The molecule has 11 nitrogen and oxygen atoms in total. The Morgan fingerprint density at radius 3 is 2.19 bits per heavy atom. The first-order valence-corrected chi connectivity index (χ1v) is 12.5. The molecule has 6 unspecified atom stereocenters. The van der Waals surface area contributed by atoms with E-state index in [2.05, 4.69) is 0 Å². The van der Waals surface area contributed by atoms with Gasteiger partial charge >= 0.3 is 0 Å². The van der Waals surface area contributed by atoms with Crippen LogP contribution in [0, 0.1) is 0 Å². The number of hydrogen-bond donors (Lipinski definition) is 4. The summed E-state index contributed by atoms with van der Waals surface area (Å²) in [5.41, 5.74) is 11.2. The maximum atomic E-state index is 13.9. The zero-order valence-electron chi connectivity index (χ0n) is 20.6. The minimum Gasteiger partial charge on any atom is -0.391 e. The molecule has 3 aliphatic rings. The van der Waals surface area contributed by atoms with Crippen molar-refractivity contribution in [3.63, 3.8) is 0 Å². The van der Waals surface area contributed by atoms with Gasteiger partial charge in [0.25, 0.3) is 5.91 Å². The van der Waals surface area contributed by atoms with Gasteiger partial charge in [0.05, 0.1) is 18.2 Å². The molecular weight excluding hydrogens is 466 g/mol. The molecule has 36 heavy (non-hydrogen) atoms. The molecule has 7 atom stereocenters. The van der Waals surface area contributed by atoms with Crippen LogP contribution in [0.4, 0.5) is 0 Å². The number of benzene rings is 1. The lowest BCUT2D eigenvalue weighted by molar-refractivity contribution is -0.187. The molecule has 3 saturated heterocycles. The zero-order chi connectivity index (χ0) is 26.4. The third-order valence-electron chi connectivity index (χ3n) is 7.77. The van der Waals surface area contributed by atoms with Crippen LogP contribution in [0.2, 0.25) is 0 Å². The Labute approximate surface area is 210 Å². The lowest BCUT2D eigenvalue weighted by Gasteiger charge is -2.57. The summed E-state index contributed by atoms with van der Waals surface area (Å²) in [5.74, 6) is -2.10. The van der Waals surface area contributed by atoms with E-state index >= 15 is 0 Å². The van der Waals surface area contributed by atoms with Gasteiger partial charge in [-0.3, -0.25) is 24.1 Å². The lowest BCUT2D eigenvalue weighted by Crippen LogP contribution is -2.77. The Balaban J connectivity index is 1.68. The Kier molecular flexibility index (Phi) is 7.20.